The molecule has 5 nitrogen and oxygen atoms in total. The molecule has 0 aliphatic carbocycles. The predicted octanol–water partition coefficient (Wildman–Crippen LogP) is 3.44. The van der Waals surface area contributed by atoms with Gasteiger partial charge in [-0.15, -0.1) is 0 Å². The third kappa shape index (κ3) is 4.02. The molecule has 1 atom stereocenters. The van der Waals surface area contributed by atoms with E-state index in [1.165, 1.54) is 4.90 Å². The first kappa shape index (κ1) is 17.5. The van der Waals surface area contributed by atoms with E-state index in [0.29, 0.717) is 18.0 Å². The molecular formula is C19H19BrN2O3. The first-order valence-electron chi connectivity index (χ1n) is 8.12. The van der Waals surface area contributed by atoms with E-state index in [4.69, 9.17) is 4.74 Å². The summed E-state index contributed by atoms with van der Waals surface area (Å²) in [4.78, 5) is 26.4. The van der Waals surface area contributed by atoms with Crippen molar-refractivity contribution in [2.75, 3.05) is 18.1 Å². The topological polar surface area (TPSA) is 58.6 Å². The normalized spacial score (nSPS) is 15.0. The summed E-state index contributed by atoms with van der Waals surface area (Å²) in [7, 11) is 0. The lowest BCUT2D eigenvalue weighted by molar-refractivity contribution is -0.124. The van der Waals surface area contributed by atoms with Crippen molar-refractivity contribution in [2.45, 2.75) is 19.4 Å². The van der Waals surface area contributed by atoms with Crippen LogP contribution in [0.1, 0.15) is 24.9 Å². The Bertz CT molecular complexity index is 794. The van der Waals surface area contributed by atoms with Gasteiger partial charge in [-0.25, -0.2) is 0 Å². The number of rotatable bonds is 4. The number of fused-ring (bicyclic) bond motifs is 1. The van der Waals surface area contributed by atoms with Gasteiger partial charge in [0.05, 0.1) is 24.8 Å². The molecule has 2 amide bonds. The van der Waals surface area contributed by atoms with E-state index in [9.17, 15) is 9.59 Å². The smallest absolute Gasteiger partial charge is 0.240 e. The Kier molecular flexibility index (Phi) is 5.38. The number of halogens is 1. The monoisotopic (exact) mass is 402 g/mol. The highest BCUT2D eigenvalue weighted by molar-refractivity contribution is 9.10. The number of benzene rings is 2. The van der Waals surface area contributed by atoms with E-state index < -0.39 is 0 Å². The van der Waals surface area contributed by atoms with Crippen LogP contribution in [-0.2, 0) is 9.59 Å². The van der Waals surface area contributed by atoms with Crippen molar-refractivity contribution in [1.82, 2.24) is 5.32 Å². The van der Waals surface area contributed by atoms with Crippen LogP contribution in [0.5, 0.6) is 5.75 Å². The lowest BCUT2D eigenvalue weighted by Gasteiger charge is -2.23. The highest BCUT2D eigenvalue weighted by Crippen LogP contribution is 2.31. The van der Waals surface area contributed by atoms with Crippen LogP contribution in [0.2, 0.25) is 0 Å². The third-order valence-electron chi connectivity index (χ3n) is 4.08. The number of amides is 2. The maximum atomic E-state index is 12.5. The summed E-state index contributed by atoms with van der Waals surface area (Å²) in [5.41, 5.74) is 1.62. The summed E-state index contributed by atoms with van der Waals surface area (Å²) in [5, 5.41) is 2.95. The summed E-state index contributed by atoms with van der Waals surface area (Å²) in [6, 6.07) is 14.8. The van der Waals surface area contributed by atoms with E-state index in [-0.39, 0.29) is 30.8 Å². The van der Waals surface area contributed by atoms with Gasteiger partial charge in [-0.1, -0.05) is 46.3 Å². The zero-order valence-corrected chi connectivity index (χ0v) is 15.5. The van der Waals surface area contributed by atoms with Crippen LogP contribution in [-0.4, -0.2) is 25.0 Å². The number of ether oxygens (including phenoxy) is 1. The quantitative estimate of drug-likeness (QED) is 0.851. The molecule has 1 N–H and O–H groups in total. The lowest BCUT2D eigenvalue weighted by Crippen LogP contribution is -2.41. The van der Waals surface area contributed by atoms with Gasteiger partial charge in [0.1, 0.15) is 12.3 Å². The Labute approximate surface area is 155 Å². The van der Waals surface area contributed by atoms with Crippen LogP contribution in [0.15, 0.2) is 53.0 Å². The van der Waals surface area contributed by atoms with Crippen molar-refractivity contribution in [1.29, 1.82) is 0 Å². The zero-order chi connectivity index (χ0) is 17.8. The minimum Gasteiger partial charge on any atom is -0.491 e. The molecule has 0 bridgehead atoms. The maximum absolute atomic E-state index is 12.5. The Hall–Kier alpha value is -2.34. The van der Waals surface area contributed by atoms with Crippen LogP contribution in [0.4, 0.5) is 5.69 Å². The minimum atomic E-state index is -0.215. The molecule has 6 heteroatoms. The van der Waals surface area contributed by atoms with Gasteiger partial charge in [-0.05, 0) is 30.7 Å². The fourth-order valence-electron chi connectivity index (χ4n) is 2.83. The second-order valence-electron chi connectivity index (χ2n) is 5.86. The minimum absolute atomic E-state index is 0.0337. The van der Waals surface area contributed by atoms with Crippen LogP contribution >= 0.6 is 15.9 Å². The Morgan fingerprint density at radius 3 is 2.76 bits per heavy atom. The Balaban J connectivity index is 1.74. The van der Waals surface area contributed by atoms with Gasteiger partial charge >= 0.3 is 0 Å². The molecule has 0 fully saturated rings. The van der Waals surface area contributed by atoms with Crippen LogP contribution < -0.4 is 15.0 Å². The van der Waals surface area contributed by atoms with Gasteiger partial charge in [0.2, 0.25) is 11.8 Å². The van der Waals surface area contributed by atoms with Crippen molar-refractivity contribution in [3.63, 3.8) is 0 Å². The zero-order valence-electron chi connectivity index (χ0n) is 13.9. The maximum Gasteiger partial charge on any atom is 0.240 e. The first-order chi connectivity index (χ1) is 12.1. The summed E-state index contributed by atoms with van der Waals surface area (Å²) >= 11 is 3.49. The molecule has 1 aliphatic rings. The molecule has 1 aliphatic heterocycles. The summed E-state index contributed by atoms with van der Waals surface area (Å²) in [6.45, 7) is 2.20. The second-order valence-corrected chi connectivity index (χ2v) is 6.71. The molecule has 0 saturated heterocycles. The standard InChI is InChI=1S/C19H19BrN2O3/c1-13(14-6-2-3-7-15(14)20)21-18(23)12-22-16-8-4-5-9-17(16)25-11-10-19(22)24/h2-9,13H,10-12H2,1H3,(H,21,23). The van der Waals surface area contributed by atoms with Crippen molar-refractivity contribution in [3.05, 3.63) is 58.6 Å². The molecule has 130 valence electrons. The average Bonchev–Trinajstić information content (AvgIpc) is 2.75. The van der Waals surface area contributed by atoms with E-state index in [1.54, 1.807) is 6.07 Å². The van der Waals surface area contributed by atoms with Crippen molar-refractivity contribution < 1.29 is 14.3 Å². The van der Waals surface area contributed by atoms with E-state index >= 15 is 0 Å². The van der Waals surface area contributed by atoms with Crippen LogP contribution in [0, 0.1) is 0 Å². The molecule has 0 aromatic heterocycles. The molecule has 0 spiro atoms. The highest BCUT2D eigenvalue weighted by atomic mass is 79.9. The van der Waals surface area contributed by atoms with Gasteiger partial charge in [0, 0.05) is 4.47 Å². The Morgan fingerprint density at radius 1 is 1.24 bits per heavy atom. The molecule has 0 saturated carbocycles. The number of anilines is 1. The largest absolute Gasteiger partial charge is 0.491 e. The van der Waals surface area contributed by atoms with Crippen LogP contribution in [0.25, 0.3) is 0 Å². The van der Waals surface area contributed by atoms with Crippen molar-refractivity contribution >= 4 is 33.4 Å². The number of hydrogen-bond donors (Lipinski definition) is 1. The van der Waals surface area contributed by atoms with E-state index in [2.05, 4.69) is 21.2 Å². The van der Waals surface area contributed by atoms with Gasteiger partial charge in [-0.2, -0.15) is 0 Å². The molecule has 25 heavy (non-hydrogen) atoms. The van der Waals surface area contributed by atoms with Crippen LogP contribution in [0.3, 0.4) is 0 Å². The average molecular weight is 403 g/mol. The first-order valence-corrected chi connectivity index (χ1v) is 8.91. The molecule has 2 aromatic carbocycles. The Morgan fingerprint density at radius 2 is 1.96 bits per heavy atom. The predicted molar refractivity (Wildman–Crippen MR) is 99.6 cm³/mol. The van der Waals surface area contributed by atoms with Gasteiger partial charge in [-0.3, -0.25) is 14.5 Å². The summed E-state index contributed by atoms with van der Waals surface area (Å²) < 4.78 is 6.53. The fraction of sp³-hybridized carbons (Fsp3) is 0.263. The number of carbonyl (C=O) groups is 2. The number of nitrogens with zero attached hydrogens (tertiary/aromatic N) is 1. The molecule has 0 radical (unpaired) electrons. The SMILES string of the molecule is CC(NC(=O)CN1C(=O)CCOc2ccccc21)c1ccccc1Br. The molecule has 1 heterocycles. The number of hydrogen-bond acceptors (Lipinski definition) is 3. The van der Waals surface area contributed by atoms with Crippen molar-refractivity contribution in [3.8, 4) is 5.75 Å². The molecule has 2 aromatic rings. The number of carbonyl (C=O) groups excluding carboxylic acids is 2. The summed E-state index contributed by atoms with van der Waals surface area (Å²) in [5.74, 6) is 0.293. The lowest BCUT2D eigenvalue weighted by atomic mass is 10.1. The number of nitrogens with one attached hydrogen (secondary N) is 1. The summed E-state index contributed by atoms with van der Waals surface area (Å²) in [6.07, 6.45) is 0.252. The van der Waals surface area contributed by atoms with Gasteiger partial charge in [0.15, 0.2) is 0 Å². The second kappa shape index (κ2) is 7.70. The third-order valence-corrected chi connectivity index (χ3v) is 4.80. The molecule has 3 rings (SSSR count). The molecule has 1 unspecified atom stereocenters. The van der Waals surface area contributed by atoms with Gasteiger partial charge in [0.25, 0.3) is 0 Å². The van der Waals surface area contributed by atoms with Gasteiger partial charge < -0.3 is 10.1 Å². The van der Waals surface area contributed by atoms with E-state index in [0.717, 1.165) is 10.0 Å². The molecular weight excluding hydrogens is 384 g/mol. The van der Waals surface area contributed by atoms with Crippen molar-refractivity contribution in [2.24, 2.45) is 0 Å². The fourth-order valence-corrected chi connectivity index (χ4v) is 3.46. The van der Waals surface area contributed by atoms with E-state index in [1.807, 2.05) is 49.4 Å². The highest BCUT2D eigenvalue weighted by Gasteiger charge is 2.25. The number of para-hydroxylation sites is 2.